The number of aryl methyl sites for hydroxylation is 1. The predicted molar refractivity (Wildman–Crippen MR) is 111 cm³/mol. The average Bonchev–Trinajstić information content (AvgIpc) is 3.46. The Morgan fingerprint density at radius 3 is 2.62 bits per heavy atom. The van der Waals surface area contributed by atoms with Gasteiger partial charge in [-0.3, -0.25) is 0 Å². The summed E-state index contributed by atoms with van der Waals surface area (Å²) in [6.07, 6.45) is -0.130. The standard InChI is InChI=1S/C22H18F3N7/c1-11(13-4-3-5-14(17(13)23)18(24)25)29-19-15-8-16(22(9-26)6-7-22)21-30-12(2)31-32(21)20(15)28-10-27-19/h3-5,8,10-11,18H,6-7H2,1-2H3,(H,27,28,29)/t11-/m1/s1. The van der Waals surface area contributed by atoms with Gasteiger partial charge in [0.05, 0.1) is 28.5 Å². The Balaban J connectivity index is 1.65. The molecule has 32 heavy (non-hydrogen) atoms. The summed E-state index contributed by atoms with van der Waals surface area (Å²) < 4.78 is 42.5. The van der Waals surface area contributed by atoms with Crippen molar-refractivity contribution in [2.75, 3.05) is 5.32 Å². The molecule has 4 aromatic rings. The molecule has 1 aromatic carbocycles. The molecule has 1 aliphatic rings. The van der Waals surface area contributed by atoms with Crippen molar-refractivity contribution in [3.63, 3.8) is 0 Å². The van der Waals surface area contributed by atoms with Crippen LogP contribution in [0.3, 0.4) is 0 Å². The lowest BCUT2D eigenvalue weighted by molar-refractivity contribution is 0.146. The number of hydrogen-bond acceptors (Lipinski definition) is 6. The molecular formula is C22H18F3N7. The molecule has 0 saturated heterocycles. The van der Waals surface area contributed by atoms with E-state index < -0.39 is 29.3 Å². The van der Waals surface area contributed by atoms with Gasteiger partial charge in [0.15, 0.2) is 11.3 Å². The number of halogens is 3. The maximum absolute atomic E-state index is 14.7. The van der Waals surface area contributed by atoms with Crippen LogP contribution in [0.2, 0.25) is 0 Å². The van der Waals surface area contributed by atoms with E-state index in [4.69, 9.17) is 0 Å². The number of pyridine rings is 1. The molecule has 5 rings (SSSR count). The van der Waals surface area contributed by atoms with E-state index in [0.29, 0.717) is 28.3 Å². The summed E-state index contributed by atoms with van der Waals surface area (Å²) in [6.45, 7) is 3.42. The van der Waals surface area contributed by atoms with E-state index in [1.807, 2.05) is 6.07 Å². The van der Waals surface area contributed by atoms with Crippen LogP contribution >= 0.6 is 0 Å². The Morgan fingerprint density at radius 2 is 1.94 bits per heavy atom. The van der Waals surface area contributed by atoms with Crippen LogP contribution in [0.25, 0.3) is 16.7 Å². The fourth-order valence-corrected chi connectivity index (χ4v) is 4.02. The first-order valence-corrected chi connectivity index (χ1v) is 10.1. The van der Waals surface area contributed by atoms with Crippen LogP contribution in [-0.4, -0.2) is 24.6 Å². The van der Waals surface area contributed by atoms with E-state index in [0.717, 1.165) is 24.5 Å². The molecule has 0 bridgehead atoms. The van der Waals surface area contributed by atoms with E-state index in [1.165, 1.54) is 18.5 Å². The van der Waals surface area contributed by atoms with Crippen LogP contribution in [-0.2, 0) is 5.41 Å². The quantitative estimate of drug-likeness (QED) is 0.483. The smallest absolute Gasteiger partial charge is 0.266 e. The molecule has 1 atom stereocenters. The summed E-state index contributed by atoms with van der Waals surface area (Å²) in [6, 6.07) is 7.49. The normalized spacial score (nSPS) is 15.8. The van der Waals surface area contributed by atoms with E-state index >= 15 is 0 Å². The number of nitrogens with one attached hydrogen (secondary N) is 1. The van der Waals surface area contributed by atoms with Gasteiger partial charge in [-0.1, -0.05) is 18.2 Å². The summed E-state index contributed by atoms with van der Waals surface area (Å²) in [5.41, 5.74) is 0.612. The topological polar surface area (TPSA) is 91.8 Å². The van der Waals surface area contributed by atoms with Gasteiger partial charge in [0.25, 0.3) is 6.43 Å². The molecule has 0 unspecified atom stereocenters. The van der Waals surface area contributed by atoms with Gasteiger partial charge >= 0.3 is 0 Å². The molecule has 10 heteroatoms. The van der Waals surface area contributed by atoms with Gasteiger partial charge in [-0.2, -0.15) is 9.78 Å². The highest BCUT2D eigenvalue weighted by molar-refractivity contribution is 5.90. The lowest BCUT2D eigenvalue weighted by atomic mass is 9.97. The number of rotatable bonds is 5. The predicted octanol–water partition coefficient (Wildman–Crippen LogP) is 4.79. The third-order valence-electron chi connectivity index (χ3n) is 5.90. The third kappa shape index (κ3) is 3.04. The van der Waals surface area contributed by atoms with Crippen molar-refractivity contribution in [2.45, 2.75) is 44.6 Å². The number of alkyl halides is 2. The number of nitriles is 1. The number of hydrogen-bond donors (Lipinski definition) is 1. The summed E-state index contributed by atoms with van der Waals surface area (Å²) in [4.78, 5) is 13.1. The van der Waals surface area contributed by atoms with Crippen molar-refractivity contribution in [2.24, 2.45) is 0 Å². The molecule has 1 aliphatic carbocycles. The molecule has 3 aromatic heterocycles. The lowest BCUT2D eigenvalue weighted by Gasteiger charge is -2.19. The van der Waals surface area contributed by atoms with Gasteiger partial charge in [-0.05, 0) is 32.8 Å². The van der Waals surface area contributed by atoms with Crippen LogP contribution in [0, 0.1) is 24.1 Å². The molecule has 0 amide bonds. The highest BCUT2D eigenvalue weighted by Crippen LogP contribution is 2.49. The van der Waals surface area contributed by atoms with Gasteiger partial charge in [0.1, 0.15) is 23.8 Å². The zero-order valence-electron chi connectivity index (χ0n) is 17.3. The summed E-state index contributed by atoms with van der Waals surface area (Å²) in [7, 11) is 0. The highest BCUT2D eigenvalue weighted by atomic mass is 19.3. The number of fused-ring (bicyclic) bond motifs is 3. The van der Waals surface area contributed by atoms with Crippen LogP contribution in [0.4, 0.5) is 19.0 Å². The lowest BCUT2D eigenvalue weighted by Crippen LogP contribution is -2.13. The maximum Gasteiger partial charge on any atom is 0.266 e. The minimum Gasteiger partial charge on any atom is -0.363 e. The van der Waals surface area contributed by atoms with Gasteiger partial charge in [-0.25, -0.2) is 28.1 Å². The minimum absolute atomic E-state index is 0.100. The summed E-state index contributed by atoms with van der Waals surface area (Å²) in [5, 5.41) is 17.9. The van der Waals surface area contributed by atoms with Gasteiger partial charge in [0, 0.05) is 11.1 Å². The minimum atomic E-state index is -2.91. The fraction of sp³-hybridized carbons (Fsp3) is 0.318. The SMILES string of the molecule is Cc1nc2c(C3(C#N)CC3)cc3c(N[C@H](C)c4cccc(C(F)F)c4F)ncnc3n2n1. The molecule has 7 nitrogen and oxygen atoms in total. The Bertz CT molecular complexity index is 1400. The van der Waals surface area contributed by atoms with Gasteiger partial charge < -0.3 is 5.32 Å². The van der Waals surface area contributed by atoms with E-state index in [-0.39, 0.29) is 5.56 Å². The van der Waals surface area contributed by atoms with Crippen LogP contribution in [0.5, 0.6) is 0 Å². The molecular weight excluding hydrogens is 419 g/mol. The second-order valence-electron chi connectivity index (χ2n) is 8.02. The largest absolute Gasteiger partial charge is 0.363 e. The molecule has 1 saturated carbocycles. The van der Waals surface area contributed by atoms with Crippen LogP contribution < -0.4 is 5.32 Å². The fourth-order valence-electron chi connectivity index (χ4n) is 4.02. The monoisotopic (exact) mass is 437 g/mol. The zero-order valence-corrected chi connectivity index (χ0v) is 17.3. The van der Waals surface area contributed by atoms with Gasteiger partial charge in [0.2, 0.25) is 0 Å². The van der Waals surface area contributed by atoms with Crippen LogP contribution in [0.15, 0.2) is 30.6 Å². The first-order chi connectivity index (χ1) is 15.3. The van der Waals surface area contributed by atoms with Crippen molar-refractivity contribution < 1.29 is 13.2 Å². The first kappa shape index (κ1) is 20.2. The molecule has 162 valence electrons. The van der Waals surface area contributed by atoms with E-state index in [9.17, 15) is 18.4 Å². The van der Waals surface area contributed by atoms with E-state index in [2.05, 4.69) is 31.4 Å². The molecule has 1 fully saturated rings. The summed E-state index contributed by atoms with van der Waals surface area (Å²) in [5.74, 6) is -0.0217. The zero-order chi connectivity index (χ0) is 22.6. The van der Waals surface area contributed by atoms with Crippen LogP contribution in [0.1, 0.15) is 54.7 Å². The third-order valence-corrected chi connectivity index (χ3v) is 5.90. The molecule has 0 radical (unpaired) electrons. The van der Waals surface area contributed by atoms with Crippen molar-refractivity contribution in [1.82, 2.24) is 24.6 Å². The Morgan fingerprint density at radius 1 is 1.19 bits per heavy atom. The maximum atomic E-state index is 14.7. The molecule has 1 N–H and O–H groups in total. The second kappa shape index (κ2) is 7.15. The van der Waals surface area contributed by atoms with Gasteiger partial charge in [-0.15, -0.1) is 5.10 Å². The Kier molecular flexibility index (Phi) is 4.51. The second-order valence-corrected chi connectivity index (χ2v) is 8.02. The average molecular weight is 437 g/mol. The number of anilines is 1. The van der Waals surface area contributed by atoms with Crippen molar-refractivity contribution in [1.29, 1.82) is 5.26 Å². The van der Waals surface area contributed by atoms with E-state index in [1.54, 1.807) is 18.4 Å². The first-order valence-electron chi connectivity index (χ1n) is 10.1. The van der Waals surface area contributed by atoms with Crippen molar-refractivity contribution in [3.05, 3.63) is 58.9 Å². The number of nitrogens with zero attached hydrogens (tertiary/aromatic N) is 6. The van der Waals surface area contributed by atoms with Crippen molar-refractivity contribution >= 4 is 22.5 Å². The molecule has 3 heterocycles. The number of benzene rings is 1. The Hall–Kier alpha value is -3.74. The van der Waals surface area contributed by atoms with Crippen molar-refractivity contribution in [3.8, 4) is 6.07 Å². The Labute approximate surface area is 180 Å². The number of aromatic nitrogens is 5. The molecule has 0 spiro atoms. The highest BCUT2D eigenvalue weighted by Gasteiger charge is 2.47. The molecule has 0 aliphatic heterocycles. The summed E-state index contributed by atoms with van der Waals surface area (Å²) >= 11 is 0.